The second kappa shape index (κ2) is 12.9. The topological polar surface area (TPSA) is 84.8 Å². The summed E-state index contributed by atoms with van der Waals surface area (Å²) < 4.78 is 29.0. The molecule has 0 radical (unpaired) electrons. The Labute approximate surface area is 226 Å². The molecule has 1 N–H and O–H groups in total. The van der Waals surface area contributed by atoms with Gasteiger partial charge in [0.1, 0.15) is 0 Å². The number of benzene rings is 3. The second-order valence-corrected chi connectivity index (χ2v) is 11.8. The van der Waals surface area contributed by atoms with Crippen molar-refractivity contribution in [2.45, 2.75) is 63.2 Å². The van der Waals surface area contributed by atoms with Crippen molar-refractivity contribution in [3.8, 4) is 11.1 Å². The number of hydrogen-bond donors (Lipinski definition) is 1. The van der Waals surface area contributed by atoms with Crippen LogP contribution in [-0.4, -0.2) is 33.0 Å². The van der Waals surface area contributed by atoms with Gasteiger partial charge in [-0.25, -0.2) is 13.2 Å². The van der Waals surface area contributed by atoms with Crippen LogP contribution in [0.15, 0.2) is 76.7 Å². The zero-order chi connectivity index (χ0) is 27.0. The van der Waals surface area contributed by atoms with Crippen LogP contribution in [0.4, 0.5) is 5.69 Å². The van der Waals surface area contributed by atoms with Crippen molar-refractivity contribution in [1.82, 2.24) is 0 Å². The number of rotatable bonds is 13. The first-order valence-corrected chi connectivity index (χ1v) is 15.3. The smallest absolute Gasteiger partial charge is 0.338 e. The van der Waals surface area contributed by atoms with Crippen molar-refractivity contribution in [3.63, 3.8) is 0 Å². The number of carbonyl (C=O) groups excluding carboxylic acids is 1. The van der Waals surface area contributed by atoms with E-state index in [2.05, 4.69) is 17.5 Å². The van der Waals surface area contributed by atoms with E-state index in [1.807, 2.05) is 36.4 Å². The molecule has 0 heterocycles. The molecule has 0 fully saturated rings. The Kier molecular flexibility index (Phi) is 9.34. The van der Waals surface area contributed by atoms with Gasteiger partial charge in [-0.1, -0.05) is 82.2 Å². The van der Waals surface area contributed by atoms with E-state index in [1.165, 1.54) is 44.8 Å². The molecule has 0 saturated heterocycles. The van der Waals surface area contributed by atoms with E-state index in [-0.39, 0.29) is 10.9 Å². The number of fused-ring (bicyclic) bond motifs is 3. The van der Waals surface area contributed by atoms with Gasteiger partial charge >= 0.3 is 5.97 Å². The van der Waals surface area contributed by atoms with Gasteiger partial charge in [-0.05, 0) is 53.9 Å². The maximum Gasteiger partial charge on any atom is 0.338 e. The Bertz CT molecular complexity index is 1400. The largest absolute Gasteiger partial charge is 0.462 e. The van der Waals surface area contributed by atoms with Gasteiger partial charge in [-0.2, -0.15) is 5.10 Å². The molecule has 0 amide bonds. The summed E-state index contributed by atoms with van der Waals surface area (Å²) in [6, 6.07) is 20.0. The minimum atomic E-state index is -3.26. The fraction of sp³-hybridized carbons (Fsp3) is 0.355. The molecule has 1 aliphatic carbocycles. The summed E-state index contributed by atoms with van der Waals surface area (Å²) in [4.78, 5) is 13.0. The molecule has 0 saturated carbocycles. The Morgan fingerprint density at radius 2 is 1.42 bits per heavy atom. The van der Waals surface area contributed by atoms with Crippen molar-refractivity contribution >= 4 is 27.2 Å². The number of ether oxygens (including phenoxy) is 1. The molecule has 0 spiro atoms. The monoisotopic (exact) mass is 532 g/mol. The minimum Gasteiger partial charge on any atom is -0.462 e. The third kappa shape index (κ3) is 6.90. The van der Waals surface area contributed by atoms with Crippen LogP contribution in [0.25, 0.3) is 11.1 Å². The standard InChI is InChI=1S/C31H36N2O4S/c1-3-4-5-6-7-8-9-12-21-37-31(34)23-15-20-28-29(22-23)26-13-10-11-14-27(26)30(28)33-32-24-16-18-25(19-17-24)38(2,35)36/h10-11,13-20,22,32H,3-9,12,21H2,1-2H3. The second-order valence-electron chi connectivity index (χ2n) is 9.79. The molecular weight excluding hydrogens is 496 g/mol. The highest BCUT2D eigenvalue weighted by molar-refractivity contribution is 7.90. The Balaban J connectivity index is 1.41. The van der Waals surface area contributed by atoms with Gasteiger partial charge in [0.05, 0.1) is 28.5 Å². The lowest BCUT2D eigenvalue weighted by molar-refractivity contribution is 0.0497. The summed E-state index contributed by atoms with van der Waals surface area (Å²) in [5, 5.41) is 4.65. The van der Waals surface area contributed by atoms with Crippen LogP contribution in [0.3, 0.4) is 0 Å². The van der Waals surface area contributed by atoms with Crippen molar-refractivity contribution in [1.29, 1.82) is 0 Å². The maximum absolute atomic E-state index is 12.7. The van der Waals surface area contributed by atoms with E-state index in [0.29, 0.717) is 17.9 Å². The summed E-state index contributed by atoms with van der Waals surface area (Å²) in [7, 11) is -3.26. The summed E-state index contributed by atoms with van der Waals surface area (Å²) in [6.45, 7) is 2.67. The molecule has 6 nitrogen and oxygen atoms in total. The first-order valence-electron chi connectivity index (χ1n) is 13.4. The van der Waals surface area contributed by atoms with Crippen LogP contribution in [0, 0.1) is 0 Å². The van der Waals surface area contributed by atoms with Gasteiger partial charge in [0.25, 0.3) is 0 Å². The molecule has 1 aliphatic rings. The predicted octanol–water partition coefficient (Wildman–Crippen LogP) is 7.23. The number of esters is 1. The van der Waals surface area contributed by atoms with Gasteiger partial charge in [0.2, 0.25) is 0 Å². The number of hydrazone groups is 1. The number of sulfone groups is 1. The number of anilines is 1. The highest BCUT2D eigenvalue weighted by Crippen LogP contribution is 2.37. The highest BCUT2D eigenvalue weighted by atomic mass is 32.2. The van der Waals surface area contributed by atoms with Crippen molar-refractivity contribution < 1.29 is 17.9 Å². The normalized spacial score (nSPS) is 13.3. The van der Waals surface area contributed by atoms with E-state index < -0.39 is 9.84 Å². The molecule has 200 valence electrons. The average Bonchev–Trinajstić information content (AvgIpc) is 3.23. The van der Waals surface area contributed by atoms with Crippen LogP contribution in [0.1, 0.15) is 79.8 Å². The molecule has 3 aromatic rings. The zero-order valence-corrected chi connectivity index (χ0v) is 23.0. The SMILES string of the molecule is CCCCCCCCCCOC(=O)c1ccc2c(c1)-c1ccccc1C2=NNc1ccc(S(C)(=O)=O)cc1. The van der Waals surface area contributed by atoms with Gasteiger partial charge in [-0.15, -0.1) is 0 Å². The average molecular weight is 533 g/mol. The Hall–Kier alpha value is -3.45. The lowest BCUT2D eigenvalue weighted by atomic mass is 10.0. The van der Waals surface area contributed by atoms with Crippen LogP contribution in [0.5, 0.6) is 0 Å². The molecule has 0 aliphatic heterocycles. The lowest BCUT2D eigenvalue weighted by Gasteiger charge is -2.08. The first-order chi connectivity index (χ1) is 18.4. The molecule has 7 heteroatoms. The molecule has 0 aromatic heterocycles. The van der Waals surface area contributed by atoms with E-state index in [9.17, 15) is 13.2 Å². The summed E-state index contributed by atoms with van der Waals surface area (Å²) in [5.41, 5.74) is 8.85. The fourth-order valence-electron chi connectivity index (χ4n) is 4.67. The van der Waals surface area contributed by atoms with Crippen LogP contribution in [0.2, 0.25) is 0 Å². The molecule has 38 heavy (non-hydrogen) atoms. The van der Waals surface area contributed by atoms with Crippen LogP contribution in [-0.2, 0) is 14.6 Å². The van der Waals surface area contributed by atoms with Crippen molar-refractivity contribution in [2.24, 2.45) is 5.10 Å². The van der Waals surface area contributed by atoms with Crippen molar-refractivity contribution in [2.75, 3.05) is 18.3 Å². The number of unbranched alkanes of at least 4 members (excludes halogenated alkanes) is 7. The molecular formula is C31H36N2O4S. The lowest BCUT2D eigenvalue weighted by Crippen LogP contribution is -2.07. The predicted molar refractivity (Wildman–Crippen MR) is 154 cm³/mol. The fourth-order valence-corrected chi connectivity index (χ4v) is 5.30. The summed E-state index contributed by atoms with van der Waals surface area (Å²) in [5.74, 6) is -0.303. The zero-order valence-electron chi connectivity index (χ0n) is 22.2. The molecule has 0 bridgehead atoms. The first kappa shape index (κ1) is 27.6. The Morgan fingerprint density at radius 1 is 0.789 bits per heavy atom. The van der Waals surface area contributed by atoms with Crippen molar-refractivity contribution in [3.05, 3.63) is 83.4 Å². The minimum absolute atomic E-state index is 0.258. The van der Waals surface area contributed by atoms with Gasteiger partial charge in [0.15, 0.2) is 9.84 Å². The van der Waals surface area contributed by atoms with Gasteiger partial charge in [0, 0.05) is 17.4 Å². The summed E-state index contributed by atoms with van der Waals surface area (Å²) >= 11 is 0. The quantitative estimate of drug-likeness (QED) is 0.111. The molecule has 0 unspecified atom stereocenters. The van der Waals surface area contributed by atoms with Gasteiger partial charge < -0.3 is 4.74 Å². The highest BCUT2D eigenvalue weighted by Gasteiger charge is 2.26. The Morgan fingerprint density at radius 3 is 2.11 bits per heavy atom. The van der Waals surface area contributed by atoms with E-state index in [4.69, 9.17) is 4.74 Å². The number of nitrogens with one attached hydrogen (secondary N) is 1. The number of nitrogens with zero attached hydrogens (tertiary/aromatic N) is 1. The molecule has 0 atom stereocenters. The van der Waals surface area contributed by atoms with E-state index >= 15 is 0 Å². The third-order valence-electron chi connectivity index (χ3n) is 6.79. The number of carbonyl (C=O) groups is 1. The van der Waals surface area contributed by atoms with E-state index in [1.54, 1.807) is 30.3 Å². The van der Waals surface area contributed by atoms with Gasteiger partial charge in [-0.3, -0.25) is 5.43 Å². The summed E-state index contributed by atoms with van der Waals surface area (Å²) in [6.07, 6.45) is 10.8. The molecule has 3 aromatic carbocycles. The van der Waals surface area contributed by atoms with E-state index in [0.717, 1.165) is 40.8 Å². The maximum atomic E-state index is 12.7. The van der Waals surface area contributed by atoms with Crippen LogP contribution >= 0.6 is 0 Å². The third-order valence-corrected chi connectivity index (χ3v) is 7.92. The number of hydrogen-bond acceptors (Lipinski definition) is 6. The van der Waals surface area contributed by atoms with Crippen LogP contribution < -0.4 is 5.43 Å². The molecule has 4 rings (SSSR count).